The summed E-state index contributed by atoms with van der Waals surface area (Å²) in [6.07, 6.45) is 8.21. The van der Waals surface area contributed by atoms with Gasteiger partial charge in [0, 0.05) is 87.8 Å². The van der Waals surface area contributed by atoms with Crippen LogP contribution < -0.4 is 9.47 Å². The first-order chi connectivity index (χ1) is 22.4. The lowest BCUT2D eigenvalue weighted by molar-refractivity contribution is -0.116. The van der Waals surface area contributed by atoms with Crippen molar-refractivity contribution in [3.05, 3.63) is 116 Å². The van der Waals surface area contributed by atoms with Crippen molar-refractivity contribution in [2.24, 2.45) is 0 Å². The fourth-order valence-electron chi connectivity index (χ4n) is 6.01. The van der Waals surface area contributed by atoms with Gasteiger partial charge in [-0.2, -0.15) is 0 Å². The molecule has 14 aliphatic rings. The molecule has 0 heterocycles. The minimum atomic E-state index is -0.573. The predicted molar refractivity (Wildman–Crippen MR) is 166 cm³/mol. The monoisotopic (exact) mass is 630 g/mol. The minimum Gasteiger partial charge on any atom is -0.496 e. The lowest BCUT2D eigenvalue weighted by atomic mass is 9.83. The number of methoxy groups -OCH3 is 2. The molecule has 0 radical (unpaired) electrons. The molecule has 0 aliphatic heterocycles. The first-order valence-electron chi connectivity index (χ1n) is 14.7. The van der Waals surface area contributed by atoms with E-state index in [1.165, 1.54) is 26.4 Å². The van der Waals surface area contributed by atoms with Crippen molar-refractivity contribution in [3.8, 4) is 11.5 Å². The molecule has 0 amide bonds. The highest BCUT2D eigenvalue weighted by molar-refractivity contribution is 6.26. The van der Waals surface area contributed by atoms with Crippen LogP contribution in [0.25, 0.3) is 0 Å². The van der Waals surface area contributed by atoms with Gasteiger partial charge in [-0.1, -0.05) is 0 Å². The molecule has 0 fully saturated rings. The number of hydrogen-bond acceptors (Lipinski definition) is 10. The summed E-state index contributed by atoms with van der Waals surface area (Å²) in [6, 6.07) is 3.26. The van der Waals surface area contributed by atoms with Crippen LogP contribution in [0.5, 0.6) is 11.5 Å². The van der Waals surface area contributed by atoms with E-state index >= 15 is 0 Å². The number of ketones is 8. The van der Waals surface area contributed by atoms with Gasteiger partial charge in [-0.15, -0.1) is 0 Å². The second-order valence-electron chi connectivity index (χ2n) is 11.6. The van der Waals surface area contributed by atoms with Gasteiger partial charge in [-0.25, -0.2) is 0 Å². The molecule has 0 aromatic heterocycles. The Morgan fingerprint density at radius 2 is 0.532 bits per heavy atom. The van der Waals surface area contributed by atoms with Crippen LogP contribution in [0, 0.1) is 0 Å². The minimum absolute atomic E-state index is 0.00903. The van der Waals surface area contributed by atoms with Crippen molar-refractivity contribution in [2.45, 2.75) is 32.1 Å². The highest BCUT2D eigenvalue weighted by Crippen LogP contribution is 2.35. The highest BCUT2D eigenvalue weighted by atomic mass is 16.5. The third kappa shape index (κ3) is 6.05. The van der Waals surface area contributed by atoms with Gasteiger partial charge in [-0.3, -0.25) is 38.4 Å². The van der Waals surface area contributed by atoms with Gasteiger partial charge < -0.3 is 9.47 Å². The van der Waals surface area contributed by atoms with Crippen molar-refractivity contribution in [1.29, 1.82) is 0 Å². The molecule has 10 nitrogen and oxygen atoms in total. The zero-order chi connectivity index (χ0) is 33.6. The van der Waals surface area contributed by atoms with E-state index in [-0.39, 0.29) is 76.7 Å². The fraction of sp³-hybridized carbons (Fsp3) is 0.189. The average molecular weight is 631 g/mol. The normalized spacial score (nSPS) is 20.2. The standard InChI is InChI=1S/C37H26O10/c1-46-36-16-27-7-25-15-33(43)23(13-35(25)45)5-21-11-29(39)19(9-31(21)41)3-18-8-30(40)20(10-28(18)38)4-22-12-34(44)24(14-32(22)42)6-26(36)17-37(27)47-2/h8-17H,3-7H2,1-2H3. The van der Waals surface area contributed by atoms with Gasteiger partial charge in [0.25, 0.3) is 0 Å². The van der Waals surface area contributed by atoms with Crippen molar-refractivity contribution >= 4 is 46.3 Å². The summed E-state index contributed by atoms with van der Waals surface area (Å²) in [5, 5.41) is 0. The van der Waals surface area contributed by atoms with Crippen LogP contribution in [0.4, 0.5) is 0 Å². The van der Waals surface area contributed by atoms with Crippen molar-refractivity contribution < 1.29 is 47.8 Å². The Hall–Kier alpha value is -5.90. The van der Waals surface area contributed by atoms with Crippen LogP contribution in [-0.4, -0.2) is 60.5 Å². The van der Waals surface area contributed by atoms with Crippen LogP contribution in [0.15, 0.2) is 105 Å². The number of rotatable bonds is 2. The maximum atomic E-state index is 13.1. The Bertz CT molecular complexity index is 1900. The fourth-order valence-corrected chi connectivity index (χ4v) is 6.01. The molecule has 234 valence electrons. The highest BCUT2D eigenvalue weighted by Gasteiger charge is 2.30. The lowest BCUT2D eigenvalue weighted by Crippen LogP contribution is -2.21. The summed E-state index contributed by atoms with van der Waals surface area (Å²) < 4.78 is 11.1. The third-order valence-corrected chi connectivity index (χ3v) is 8.56. The van der Waals surface area contributed by atoms with Crippen molar-refractivity contribution in [2.75, 3.05) is 14.2 Å². The first kappa shape index (κ1) is 31.1. The number of carbonyl (C=O) groups is 8. The molecule has 0 atom stereocenters. The molecule has 47 heavy (non-hydrogen) atoms. The summed E-state index contributed by atoms with van der Waals surface area (Å²) in [5.74, 6) is -3.48. The summed E-state index contributed by atoms with van der Waals surface area (Å²) in [6.45, 7) is 0. The van der Waals surface area contributed by atoms with Gasteiger partial charge >= 0.3 is 0 Å². The molecule has 0 unspecified atom stereocenters. The largest absolute Gasteiger partial charge is 0.496 e. The summed E-state index contributed by atoms with van der Waals surface area (Å²) in [4.78, 5) is 104. The SMILES string of the molecule is COc1cc2c(OC)cc1CC1=CC(=O)C(=CC1=O)CC1=CC(=O)C(=CC1=O)CC1=CC(=O)C(=CC1=O)CC1=CC(=O)C(=CC1=O)C2. The second-order valence-corrected chi connectivity index (χ2v) is 11.6. The predicted octanol–water partition coefficient (Wildman–Crippen LogP) is 2.99. The maximum absolute atomic E-state index is 13.1. The second kappa shape index (κ2) is 12.1. The van der Waals surface area contributed by atoms with Gasteiger partial charge in [0.05, 0.1) is 14.2 Å². The van der Waals surface area contributed by atoms with Crippen molar-refractivity contribution in [1.82, 2.24) is 0 Å². The quantitative estimate of drug-likeness (QED) is 0.446. The summed E-state index contributed by atoms with van der Waals surface area (Å²) >= 11 is 0. The molecule has 0 spiro atoms. The maximum Gasteiger partial charge on any atom is 0.182 e. The first-order valence-corrected chi connectivity index (χ1v) is 14.7. The molecular weight excluding hydrogens is 604 g/mol. The van der Waals surface area contributed by atoms with E-state index in [1.807, 2.05) is 0 Å². The van der Waals surface area contributed by atoms with E-state index in [2.05, 4.69) is 0 Å². The number of hydrogen-bond donors (Lipinski definition) is 0. The average Bonchev–Trinajstić information content (AvgIpc) is 3.02. The van der Waals surface area contributed by atoms with E-state index in [1.54, 1.807) is 12.1 Å². The summed E-state index contributed by atoms with van der Waals surface area (Å²) in [7, 11) is 2.85. The van der Waals surface area contributed by atoms with E-state index in [9.17, 15) is 38.4 Å². The van der Waals surface area contributed by atoms with Crippen LogP contribution >= 0.6 is 0 Å². The Morgan fingerprint density at radius 1 is 0.340 bits per heavy atom. The smallest absolute Gasteiger partial charge is 0.182 e. The Labute approximate surface area is 268 Å². The Kier molecular flexibility index (Phi) is 8.02. The number of allylic oxidation sites excluding steroid dienone is 16. The zero-order valence-corrected chi connectivity index (χ0v) is 25.4. The van der Waals surface area contributed by atoms with E-state index in [0.29, 0.717) is 22.6 Å². The number of benzene rings is 1. The van der Waals surface area contributed by atoms with Crippen LogP contribution in [0.1, 0.15) is 30.4 Å². The molecule has 10 bridgehead atoms. The topological polar surface area (TPSA) is 155 Å². The molecule has 14 aliphatic carbocycles. The molecule has 0 saturated carbocycles. The zero-order valence-electron chi connectivity index (χ0n) is 25.4. The van der Waals surface area contributed by atoms with Crippen molar-refractivity contribution in [3.63, 3.8) is 0 Å². The van der Waals surface area contributed by atoms with E-state index in [4.69, 9.17) is 9.47 Å². The Morgan fingerprint density at radius 3 is 0.723 bits per heavy atom. The molecule has 0 N–H and O–H groups in total. The van der Waals surface area contributed by atoms with Gasteiger partial charge in [0.2, 0.25) is 0 Å². The van der Waals surface area contributed by atoms with Gasteiger partial charge in [-0.05, 0) is 60.7 Å². The van der Waals surface area contributed by atoms with Crippen LogP contribution in [-0.2, 0) is 51.2 Å². The molecule has 1 aromatic carbocycles. The molecule has 10 heteroatoms. The molecule has 1 aromatic rings. The third-order valence-electron chi connectivity index (χ3n) is 8.56. The number of ether oxygens (including phenoxy) is 2. The lowest BCUT2D eigenvalue weighted by Gasteiger charge is -2.19. The van der Waals surface area contributed by atoms with Gasteiger partial charge in [0.1, 0.15) is 11.5 Å². The molecule has 15 rings (SSSR count). The Balaban J connectivity index is 1.41. The van der Waals surface area contributed by atoms with Crippen LogP contribution in [0.2, 0.25) is 0 Å². The number of carbonyl (C=O) groups excluding carboxylic acids is 8. The van der Waals surface area contributed by atoms with E-state index in [0.717, 1.165) is 36.5 Å². The molecule has 0 saturated heterocycles. The van der Waals surface area contributed by atoms with Gasteiger partial charge in [0.15, 0.2) is 46.3 Å². The molecular formula is C37H26O10. The summed E-state index contributed by atoms with van der Waals surface area (Å²) in [5.41, 5.74) is 1.46. The van der Waals surface area contributed by atoms with E-state index < -0.39 is 46.3 Å². The van der Waals surface area contributed by atoms with Crippen LogP contribution in [0.3, 0.4) is 0 Å².